The Balaban J connectivity index is 2.64. The number of hydrogen-bond acceptors (Lipinski definition) is 2. The van der Waals surface area contributed by atoms with Crippen molar-refractivity contribution in [2.24, 2.45) is 11.7 Å². The van der Waals surface area contributed by atoms with Crippen molar-refractivity contribution < 1.29 is 0 Å². The van der Waals surface area contributed by atoms with Gasteiger partial charge in [-0.2, -0.15) is 0 Å². The van der Waals surface area contributed by atoms with Crippen LogP contribution in [-0.2, 0) is 5.41 Å². The van der Waals surface area contributed by atoms with E-state index < -0.39 is 0 Å². The highest BCUT2D eigenvalue weighted by atomic mass is 15.0. The van der Waals surface area contributed by atoms with Crippen LogP contribution in [0.1, 0.15) is 64.0 Å². The van der Waals surface area contributed by atoms with Crippen LogP contribution in [0.15, 0.2) is 18.3 Å². The molecule has 2 rings (SSSR count). The summed E-state index contributed by atoms with van der Waals surface area (Å²) in [5.41, 5.74) is 11.0. The van der Waals surface area contributed by atoms with E-state index >= 15 is 0 Å². The molecule has 0 bridgehead atoms. The van der Waals surface area contributed by atoms with Gasteiger partial charge in [0.15, 0.2) is 0 Å². The van der Waals surface area contributed by atoms with Crippen molar-refractivity contribution in [2.45, 2.75) is 59.4 Å². The van der Waals surface area contributed by atoms with Crippen molar-refractivity contribution in [3.05, 3.63) is 35.3 Å². The zero-order valence-corrected chi connectivity index (χ0v) is 13.6. The van der Waals surface area contributed by atoms with Crippen LogP contribution in [0.25, 0.3) is 5.65 Å². The van der Waals surface area contributed by atoms with Crippen LogP contribution in [0, 0.1) is 12.8 Å². The summed E-state index contributed by atoms with van der Waals surface area (Å²) in [7, 11) is 0. The number of nitrogens with two attached hydrogens (primary N) is 1. The number of nitrogens with zero attached hydrogens (tertiary/aromatic N) is 2. The van der Waals surface area contributed by atoms with Gasteiger partial charge in [-0.3, -0.25) is 0 Å². The first-order valence-electron chi connectivity index (χ1n) is 7.45. The average Bonchev–Trinajstić information content (AvgIpc) is 2.65. The molecule has 0 aliphatic heterocycles. The van der Waals surface area contributed by atoms with E-state index in [4.69, 9.17) is 10.7 Å². The third-order valence-corrected chi connectivity index (χ3v) is 3.61. The second-order valence-corrected chi connectivity index (χ2v) is 7.26. The molecule has 0 amide bonds. The first kappa shape index (κ1) is 15.0. The van der Waals surface area contributed by atoms with Crippen molar-refractivity contribution in [3.8, 4) is 0 Å². The number of fused-ring (bicyclic) bond motifs is 1. The highest BCUT2D eigenvalue weighted by Crippen LogP contribution is 2.31. The van der Waals surface area contributed by atoms with Gasteiger partial charge >= 0.3 is 0 Å². The smallest absolute Gasteiger partial charge is 0.137 e. The highest BCUT2D eigenvalue weighted by Gasteiger charge is 2.27. The van der Waals surface area contributed by atoms with E-state index in [2.05, 4.69) is 64.3 Å². The maximum absolute atomic E-state index is 6.48. The first-order valence-corrected chi connectivity index (χ1v) is 7.45. The molecule has 0 fully saturated rings. The van der Waals surface area contributed by atoms with Gasteiger partial charge in [-0.05, 0) is 37.0 Å². The predicted octanol–water partition coefficient (Wildman–Crippen LogP) is 3.99. The van der Waals surface area contributed by atoms with Crippen LogP contribution in [0.2, 0.25) is 0 Å². The fourth-order valence-corrected chi connectivity index (χ4v) is 2.69. The van der Waals surface area contributed by atoms with Gasteiger partial charge in [-0.15, -0.1) is 0 Å². The van der Waals surface area contributed by atoms with Gasteiger partial charge < -0.3 is 10.1 Å². The number of aryl methyl sites for hydroxylation is 1. The van der Waals surface area contributed by atoms with Gasteiger partial charge in [0, 0.05) is 17.7 Å². The quantitative estimate of drug-likeness (QED) is 0.919. The molecule has 2 heterocycles. The lowest BCUT2D eigenvalue weighted by atomic mass is 9.87. The lowest BCUT2D eigenvalue weighted by Gasteiger charge is -2.22. The summed E-state index contributed by atoms with van der Waals surface area (Å²) in [6.45, 7) is 13.1. The summed E-state index contributed by atoms with van der Waals surface area (Å²) >= 11 is 0. The molecule has 0 aliphatic rings. The molecule has 1 atom stereocenters. The Bertz CT molecular complexity index is 602. The molecule has 2 N–H and O–H groups in total. The Morgan fingerprint density at radius 3 is 2.50 bits per heavy atom. The number of pyridine rings is 1. The minimum Gasteiger partial charge on any atom is -0.323 e. The van der Waals surface area contributed by atoms with Crippen LogP contribution in [0.5, 0.6) is 0 Å². The first-order chi connectivity index (χ1) is 9.20. The number of imidazole rings is 1. The monoisotopic (exact) mass is 273 g/mol. The van der Waals surface area contributed by atoms with Crippen molar-refractivity contribution in [3.63, 3.8) is 0 Å². The second-order valence-electron chi connectivity index (χ2n) is 7.26. The number of hydrogen-bond donors (Lipinski definition) is 1. The van der Waals surface area contributed by atoms with E-state index in [1.807, 2.05) is 0 Å². The Hall–Kier alpha value is -1.35. The topological polar surface area (TPSA) is 43.3 Å². The summed E-state index contributed by atoms with van der Waals surface area (Å²) in [5.74, 6) is 0.578. The molecule has 0 aromatic carbocycles. The minimum atomic E-state index is 0.00383. The van der Waals surface area contributed by atoms with Gasteiger partial charge in [0.25, 0.3) is 0 Å². The van der Waals surface area contributed by atoms with E-state index in [0.717, 1.165) is 17.8 Å². The molecule has 2 aromatic heterocycles. The van der Waals surface area contributed by atoms with Crippen LogP contribution >= 0.6 is 0 Å². The number of aromatic nitrogens is 2. The van der Waals surface area contributed by atoms with Gasteiger partial charge in [-0.1, -0.05) is 34.6 Å². The van der Waals surface area contributed by atoms with Crippen LogP contribution in [0.4, 0.5) is 0 Å². The number of rotatable bonds is 3. The van der Waals surface area contributed by atoms with Gasteiger partial charge in [0.2, 0.25) is 0 Å². The van der Waals surface area contributed by atoms with Crippen molar-refractivity contribution in [1.82, 2.24) is 9.38 Å². The van der Waals surface area contributed by atoms with E-state index in [9.17, 15) is 0 Å². The fraction of sp³-hybridized carbons (Fsp3) is 0.588. The Morgan fingerprint density at radius 1 is 1.30 bits per heavy atom. The molecule has 1 unspecified atom stereocenters. The minimum absolute atomic E-state index is 0.00383. The molecule has 3 nitrogen and oxygen atoms in total. The van der Waals surface area contributed by atoms with E-state index in [1.165, 1.54) is 11.3 Å². The molecule has 0 radical (unpaired) electrons. The molecular formula is C17H27N3. The molecule has 2 aromatic rings. The fourth-order valence-electron chi connectivity index (χ4n) is 2.69. The van der Waals surface area contributed by atoms with E-state index in [-0.39, 0.29) is 11.5 Å². The molecule has 0 spiro atoms. The van der Waals surface area contributed by atoms with Crippen LogP contribution in [0.3, 0.4) is 0 Å². The zero-order chi connectivity index (χ0) is 15.1. The lowest BCUT2D eigenvalue weighted by Crippen LogP contribution is -2.22. The average molecular weight is 273 g/mol. The lowest BCUT2D eigenvalue weighted by molar-refractivity contribution is 0.482. The summed E-state index contributed by atoms with van der Waals surface area (Å²) in [6, 6.07) is 4.27. The zero-order valence-electron chi connectivity index (χ0n) is 13.6. The molecular weight excluding hydrogens is 246 g/mol. The normalized spacial score (nSPS) is 14.2. The van der Waals surface area contributed by atoms with Crippen molar-refractivity contribution in [1.29, 1.82) is 0 Å². The Labute approximate surface area is 122 Å². The summed E-state index contributed by atoms with van der Waals surface area (Å²) in [6.07, 6.45) is 3.08. The largest absolute Gasteiger partial charge is 0.323 e. The second kappa shape index (κ2) is 5.21. The van der Waals surface area contributed by atoms with Crippen molar-refractivity contribution >= 4 is 5.65 Å². The van der Waals surface area contributed by atoms with Crippen LogP contribution < -0.4 is 5.73 Å². The standard InChI is InChI=1S/C17H27N3/c1-11(2)9-13(18)15-16(17(4,5)6)19-14-10-12(3)7-8-20(14)15/h7-8,10-11,13H,9,18H2,1-6H3. The summed E-state index contributed by atoms with van der Waals surface area (Å²) < 4.78 is 2.17. The Morgan fingerprint density at radius 2 is 1.95 bits per heavy atom. The summed E-state index contributed by atoms with van der Waals surface area (Å²) in [5, 5.41) is 0. The third-order valence-electron chi connectivity index (χ3n) is 3.61. The maximum atomic E-state index is 6.48. The van der Waals surface area contributed by atoms with E-state index in [0.29, 0.717) is 5.92 Å². The van der Waals surface area contributed by atoms with Gasteiger partial charge in [0.1, 0.15) is 5.65 Å². The van der Waals surface area contributed by atoms with Crippen LogP contribution in [-0.4, -0.2) is 9.38 Å². The third kappa shape index (κ3) is 2.88. The van der Waals surface area contributed by atoms with Crippen molar-refractivity contribution in [2.75, 3.05) is 0 Å². The molecule has 0 saturated carbocycles. The van der Waals surface area contributed by atoms with Gasteiger partial charge in [-0.25, -0.2) is 4.98 Å². The predicted molar refractivity (Wildman–Crippen MR) is 85.0 cm³/mol. The highest BCUT2D eigenvalue weighted by molar-refractivity contribution is 5.48. The molecule has 110 valence electrons. The molecule has 0 aliphatic carbocycles. The van der Waals surface area contributed by atoms with Gasteiger partial charge in [0.05, 0.1) is 11.4 Å². The maximum Gasteiger partial charge on any atom is 0.137 e. The van der Waals surface area contributed by atoms with E-state index in [1.54, 1.807) is 0 Å². The Kier molecular flexibility index (Phi) is 3.92. The molecule has 3 heteroatoms. The molecule has 20 heavy (non-hydrogen) atoms. The SMILES string of the molecule is Cc1ccn2c(C(N)CC(C)C)c(C(C)(C)C)nc2c1. The summed E-state index contributed by atoms with van der Waals surface area (Å²) in [4.78, 5) is 4.86. The molecule has 0 saturated heterocycles.